The van der Waals surface area contributed by atoms with Gasteiger partial charge in [-0.05, 0) is 24.3 Å². The third kappa shape index (κ3) is 4.23. The van der Waals surface area contributed by atoms with Crippen LogP contribution in [0.25, 0.3) is 11.0 Å². The number of carbonyl (C=O) groups excluding carboxylic acids is 2. The van der Waals surface area contributed by atoms with E-state index in [0.717, 1.165) is 22.6 Å². The predicted octanol–water partition coefficient (Wildman–Crippen LogP) is 2.29. The Bertz CT molecular complexity index is 968. The smallest absolute Gasteiger partial charge is 0.242 e. The van der Waals surface area contributed by atoms with Gasteiger partial charge < -0.3 is 19.9 Å². The van der Waals surface area contributed by atoms with Gasteiger partial charge in [0.2, 0.25) is 11.8 Å². The van der Waals surface area contributed by atoms with Gasteiger partial charge in [0.15, 0.2) is 0 Å². The van der Waals surface area contributed by atoms with Crippen LogP contribution >= 0.6 is 0 Å². The zero-order chi connectivity index (χ0) is 20.2. The number of hydrogen-bond acceptors (Lipinski definition) is 4. The van der Waals surface area contributed by atoms with E-state index in [1.807, 2.05) is 54.6 Å². The number of imidazole rings is 1. The average Bonchev–Trinajstić information content (AvgIpc) is 3.36. The van der Waals surface area contributed by atoms with E-state index in [4.69, 9.17) is 4.74 Å². The van der Waals surface area contributed by atoms with Gasteiger partial charge in [-0.2, -0.15) is 0 Å². The number of ether oxygens (including phenoxy) is 1. The summed E-state index contributed by atoms with van der Waals surface area (Å²) in [5, 5.41) is 2.66. The summed E-state index contributed by atoms with van der Waals surface area (Å²) in [5.41, 5.74) is 1.84. The second-order valence-electron chi connectivity index (χ2n) is 7.17. The number of hydrogen-bond donors (Lipinski definition) is 2. The molecule has 0 aliphatic carbocycles. The number of fused-ring (bicyclic) bond motifs is 1. The molecule has 4 rings (SSSR count). The highest BCUT2D eigenvalue weighted by molar-refractivity contribution is 5.88. The Morgan fingerprint density at radius 2 is 1.93 bits per heavy atom. The molecule has 0 saturated carbocycles. The molecule has 1 aliphatic rings. The maximum atomic E-state index is 12.9. The van der Waals surface area contributed by atoms with Gasteiger partial charge in [0, 0.05) is 26.3 Å². The van der Waals surface area contributed by atoms with Crippen LogP contribution < -0.4 is 10.1 Å². The fourth-order valence-corrected chi connectivity index (χ4v) is 3.76. The van der Waals surface area contributed by atoms with Gasteiger partial charge in [-0.25, -0.2) is 4.98 Å². The van der Waals surface area contributed by atoms with Crippen molar-refractivity contribution in [3.05, 3.63) is 60.4 Å². The lowest BCUT2D eigenvalue weighted by atomic mass is 10.1. The number of para-hydroxylation sites is 3. The first kappa shape index (κ1) is 19.0. The second-order valence-corrected chi connectivity index (χ2v) is 7.17. The molecule has 0 spiro atoms. The van der Waals surface area contributed by atoms with Crippen molar-refractivity contribution in [2.24, 2.45) is 0 Å². The predicted molar refractivity (Wildman–Crippen MR) is 109 cm³/mol. The molecule has 0 bridgehead atoms. The maximum Gasteiger partial charge on any atom is 0.242 e. The van der Waals surface area contributed by atoms with Crippen LogP contribution in [-0.4, -0.2) is 52.4 Å². The number of nitrogens with zero attached hydrogens (tertiary/aromatic N) is 2. The first-order valence-corrected chi connectivity index (χ1v) is 9.80. The second kappa shape index (κ2) is 8.34. The molecule has 7 heteroatoms. The Morgan fingerprint density at radius 1 is 1.17 bits per heavy atom. The first-order valence-electron chi connectivity index (χ1n) is 9.80. The van der Waals surface area contributed by atoms with Crippen molar-refractivity contribution in [2.45, 2.75) is 31.4 Å². The number of aromatic nitrogens is 2. The van der Waals surface area contributed by atoms with Gasteiger partial charge in [0.05, 0.1) is 17.6 Å². The van der Waals surface area contributed by atoms with Crippen molar-refractivity contribution in [3.63, 3.8) is 0 Å². The number of aryl methyl sites for hydroxylation is 1. The summed E-state index contributed by atoms with van der Waals surface area (Å²) >= 11 is 0. The minimum atomic E-state index is -0.517. The van der Waals surface area contributed by atoms with Crippen molar-refractivity contribution >= 4 is 22.8 Å². The standard InChI is InChI=1S/C22H24N4O3/c1-23-22(28)19-13-16(29-15-7-3-2-4-8-15)14-26(19)21(27)12-11-20-24-17-9-5-6-10-18(17)25-20/h2-10,16,19H,11-14H2,1H3,(H,23,28)(H,24,25)/t16-,19-/m0/s1. The largest absolute Gasteiger partial charge is 0.488 e. The van der Waals surface area contributed by atoms with Gasteiger partial charge in [-0.1, -0.05) is 30.3 Å². The Morgan fingerprint density at radius 3 is 2.69 bits per heavy atom. The number of amides is 2. The Hall–Kier alpha value is -3.35. The molecule has 1 saturated heterocycles. The fraction of sp³-hybridized carbons (Fsp3) is 0.318. The molecule has 3 aromatic rings. The normalized spacial score (nSPS) is 18.7. The van der Waals surface area contributed by atoms with E-state index in [1.54, 1.807) is 11.9 Å². The minimum absolute atomic E-state index is 0.0711. The van der Waals surface area contributed by atoms with Gasteiger partial charge >= 0.3 is 0 Å². The van der Waals surface area contributed by atoms with Crippen LogP contribution in [0.3, 0.4) is 0 Å². The lowest BCUT2D eigenvalue weighted by Gasteiger charge is -2.22. The Balaban J connectivity index is 1.42. The van der Waals surface area contributed by atoms with Crippen LogP contribution in [0.4, 0.5) is 0 Å². The molecule has 2 atom stereocenters. The summed E-state index contributed by atoms with van der Waals surface area (Å²) in [6.45, 7) is 0.395. The van der Waals surface area contributed by atoms with E-state index in [9.17, 15) is 9.59 Å². The molecule has 1 aromatic heterocycles. The number of carbonyl (C=O) groups is 2. The monoisotopic (exact) mass is 392 g/mol. The number of benzene rings is 2. The van der Waals surface area contributed by atoms with E-state index >= 15 is 0 Å². The zero-order valence-electron chi connectivity index (χ0n) is 16.3. The zero-order valence-corrected chi connectivity index (χ0v) is 16.3. The van der Waals surface area contributed by atoms with Gasteiger partial charge in [0.25, 0.3) is 0 Å². The molecule has 29 heavy (non-hydrogen) atoms. The van der Waals surface area contributed by atoms with Crippen LogP contribution in [0.1, 0.15) is 18.7 Å². The van der Waals surface area contributed by atoms with E-state index in [0.29, 0.717) is 19.4 Å². The number of aromatic amines is 1. The van der Waals surface area contributed by atoms with E-state index < -0.39 is 6.04 Å². The molecule has 0 unspecified atom stereocenters. The Kier molecular flexibility index (Phi) is 5.46. The lowest BCUT2D eigenvalue weighted by Crippen LogP contribution is -2.45. The average molecular weight is 392 g/mol. The van der Waals surface area contributed by atoms with Gasteiger partial charge in [-0.3, -0.25) is 9.59 Å². The molecular formula is C22H24N4O3. The Labute approximate surface area is 169 Å². The molecule has 150 valence electrons. The highest BCUT2D eigenvalue weighted by Gasteiger charge is 2.40. The summed E-state index contributed by atoms with van der Waals surface area (Å²) in [6, 6.07) is 16.7. The van der Waals surface area contributed by atoms with Crippen LogP contribution in [0.15, 0.2) is 54.6 Å². The van der Waals surface area contributed by atoms with E-state index in [1.165, 1.54) is 0 Å². The van der Waals surface area contributed by atoms with E-state index in [-0.39, 0.29) is 24.3 Å². The molecule has 2 amide bonds. The quantitative estimate of drug-likeness (QED) is 0.674. The molecule has 0 radical (unpaired) electrons. The molecule has 2 aromatic carbocycles. The number of H-pyrrole nitrogens is 1. The lowest BCUT2D eigenvalue weighted by molar-refractivity contribution is -0.138. The third-order valence-corrected chi connectivity index (χ3v) is 5.19. The molecule has 1 aliphatic heterocycles. The molecule has 2 N–H and O–H groups in total. The van der Waals surface area contributed by atoms with Gasteiger partial charge in [0.1, 0.15) is 23.7 Å². The van der Waals surface area contributed by atoms with Crippen molar-refractivity contribution in [1.29, 1.82) is 0 Å². The van der Waals surface area contributed by atoms with E-state index in [2.05, 4.69) is 15.3 Å². The number of rotatable bonds is 6. The van der Waals surface area contributed by atoms with Crippen molar-refractivity contribution in [1.82, 2.24) is 20.2 Å². The molecular weight excluding hydrogens is 368 g/mol. The highest BCUT2D eigenvalue weighted by atomic mass is 16.5. The van der Waals surface area contributed by atoms with Crippen molar-refractivity contribution < 1.29 is 14.3 Å². The third-order valence-electron chi connectivity index (χ3n) is 5.19. The number of likely N-dealkylation sites (tertiary alicyclic amines) is 1. The summed E-state index contributed by atoms with van der Waals surface area (Å²) < 4.78 is 5.99. The van der Waals surface area contributed by atoms with Crippen LogP contribution in [0.2, 0.25) is 0 Å². The van der Waals surface area contributed by atoms with Crippen LogP contribution in [-0.2, 0) is 16.0 Å². The first-order chi connectivity index (χ1) is 14.1. The highest BCUT2D eigenvalue weighted by Crippen LogP contribution is 2.24. The topological polar surface area (TPSA) is 87.3 Å². The summed E-state index contributed by atoms with van der Waals surface area (Å²) in [7, 11) is 1.59. The summed E-state index contributed by atoms with van der Waals surface area (Å²) in [5.74, 6) is 1.27. The van der Waals surface area contributed by atoms with Crippen molar-refractivity contribution in [3.8, 4) is 5.75 Å². The number of nitrogens with one attached hydrogen (secondary N) is 2. The number of likely N-dealkylation sites (N-methyl/N-ethyl adjacent to an activating group) is 1. The van der Waals surface area contributed by atoms with Gasteiger partial charge in [-0.15, -0.1) is 0 Å². The molecule has 1 fully saturated rings. The maximum absolute atomic E-state index is 12.9. The van der Waals surface area contributed by atoms with Crippen molar-refractivity contribution in [2.75, 3.05) is 13.6 Å². The molecule has 2 heterocycles. The summed E-state index contributed by atoms with van der Waals surface area (Å²) in [6.07, 6.45) is 1.04. The van der Waals surface area contributed by atoms with Crippen LogP contribution in [0.5, 0.6) is 5.75 Å². The SMILES string of the molecule is CNC(=O)[C@@H]1C[C@H](Oc2ccccc2)CN1C(=O)CCc1nc2ccccc2[nH]1. The molecule has 7 nitrogen and oxygen atoms in total. The van der Waals surface area contributed by atoms with Crippen LogP contribution in [0, 0.1) is 0 Å². The minimum Gasteiger partial charge on any atom is -0.488 e. The summed E-state index contributed by atoms with van der Waals surface area (Å²) in [4.78, 5) is 34.6. The fourth-order valence-electron chi connectivity index (χ4n) is 3.76.